The minimum atomic E-state index is 0.317. The molecule has 0 saturated heterocycles. The second-order valence-corrected chi connectivity index (χ2v) is 5.76. The van der Waals surface area contributed by atoms with E-state index in [0.717, 1.165) is 28.1 Å². The summed E-state index contributed by atoms with van der Waals surface area (Å²) in [6.45, 7) is 2.04. The van der Waals surface area contributed by atoms with Gasteiger partial charge in [0.2, 0.25) is 0 Å². The molecule has 0 radical (unpaired) electrons. The number of fused-ring (bicyclic) bond motifs is 1. The van der Waals surface area contributed by atoms with Gasteiger partial charge in [0.25, 0.3) is 0 Å². The Morgan fingerprint density at radius 2 is 1.75 bits per heavy atom. The first kappa shape index (κ1) is 13.7. The van der Waals surface area contributed by atoms with Crippen molar-refractivity contribution in [3.8, 4) is 5.69 Å². The van der Waals surface area contributed by atoms with E-state index < -0.39 is 0 Å². The molecule has 2 aromatic carbocycles. The Bertz CT molecular complexity index is 773. The molecule has 0 spiro atoms. The van der Waals surface area contributed by atoms with Crippen molar-refractivity contribution < 1.29 is 0 Å². The van der Waals surface area contributed by atoms with Crippen molar-refractivity contribution in [2.45, 2.75) is 12.8 Å². The summed E-state index contributed by atoms with van der Waals surface area (Å²) >= 11 is 18.2. The fourth-order valence-corrected chi connectivity index (χ4v) is 2.98. The maximum absolute atomic E-state index is 6.09. The molecule has 0 bridgehead atoms. The molecule has 0 N–H and O–H groups in total. The lowest BCUT2D eigenvalue weighted by atomic mass is 10.2. The van der Waals surface area contributed by atoms with Gasteiger partial charge in [-0.05, 0) is 42.8 Å². The van der Waals surface area contributed by atoms with Crippen molar-refractivity contribution in [3.63, 3.8) is 0 Å². The predicted molar refractivity (Wildman–Crippen MR) is 85.4 cm³/mol. The number of nitrogens with zero attached hydrogens (tertiary/aromatic N) is 2. The SMILES string of the molecule is Cc1ccc2nc(CCl)n(-c3cc(Cl)cc(Cl)c3)c2c1. The van der Waals surface area contributed by atoms with Crippen LogP contribution in [0.25, 0.3) is 16.7 Å². The van der Waals surface area contributed by atoms with Gasteiger partial charge in [-0.25, -0.2) is 4.98 Å². The molecule has 0 saturated carbocycles. The van der Waals surface area contributed by atoms with Crippen LogP contribution in [-0.2, 0) is 5.88 Å². The Labute approximate surface area is 131 Å². The van der Waals surface area contributed by atoms with E-state index in [9.17, 15) is 0 Å². The van der Waals surface area contributed by atoms with Gasteiger partial charge in [0.1, 0.15) is 5.82 Å². The zero-order chi connectivity index (χ0) is 14.3. The molecule has 20 heavy (non-hydrogen) atoms. The third kappa shape index (κ3) is 2.39. The van der Waals surface area contributed by atoms with Crippen LogP contribution in [0.2, 0.25) is 10.0 Å². The lowest BCUT2D eigenvalue weighted by Crippen LogP contribution is -1.99. The number of aryl methyl sites for hydroxylation is 1. The van der Waals surface area contributed by atoms with Crippen LogP contribution in [0.1, 0.15) is 11.4 Å². The van der Waals surface area contributed by atoms with E-state index in [0.29, 0.717) is 15.9 Å². The number of rotatable bonds is 2. The molecular weight excluding hydrogens is 315 g/mol. The van der Waals surface area contributed by atoms with Crippen molar-refractivity contribution in [2.24, 2.45) is 0 Å². The Hall–Kier alpha value is -1.22. The molecule has 1 heterocycles. The molecule has 2 nitrogen and oxygen atoms in total. The van der Waals surface area contributed by atoms with Crippen molar-refractivity contribution in [1.82, 2.24) is 9.55 Å². The summed E-state index contributed by atoms with van der Waals surface area (Å²) < 4.78 is 1.99. The summed E-state index contributed by atoms with van der Waals surface area (Å²) in [6.07, 6.45) is 0. The molecule has 3 rings (SSSR count). The average molecular weight is 326 g/mol. The third-order valence-electron chi connectivity index (χ3n) is 3.10. The van der Waals surface area contributed by atoms with Crippen molar-refractivity contribution in [3.05, 3.63) is 57.8 Å². The van der Waals surface area contributed by atoms with Gasteiger partial charge in [-0.3, -0.25) is 4.57 Å². The Balaban J connectivity index is 2.35. The second kappa shape index (κ2) is 5.28. The van der Waals surface area contributed by atoms with E-state index in [2.05, 4.69) is 11.1 Å². The van der Waals surface area contributed by atoms with E-state index in [1.54, 1.807) is 6.07 Å². The number of imidazole rings is 1. The molecule has 0 aliphatic rings. The Morgan fingerprint density at radius 1 is 1.05 bits per heavy atom. The van der Waals surface area contributed by atoms with Gasteiger partial charge in [-0.1, -0.05) is 29.3 Å². The van der Waals surface area contributed by atoms with Gasteiger partial charge in [-0.15, -0.1) is 11.6 Å². The molecule has 0 unspecified atom stereocenters. The predicted octanol–water partition coefficient (Wildman–Crippen LogP) is 5.38. The molecular formula is C15H11Cl3N2. The number of halogens is 3. The molecule has 1 aromatic heterocycles. The number of alkyl halides is 1. The van der Waals surface area contributed by atoms with Gasteiger partial charge in [-0.2, -0.15) is 0 Å². The maximum atomic E-state index is 6.09. The topological polar surface area (TPSA) is 17.8 Å². The Kier molecular flexibility index (Phi) is 3.63. The number of hydrogen-bond donors (Lipinski definition) is 0. The Morgan fingerprint density at radius 3 is 2.40 bits per heavy atom. The molecule has 0 amide bonds. The number of aromatic nitrogens is 2. The lowest BCUT2D eigenvalue weighted by molar-refractivity contribution is 0.982. The zero-order valence-corrected chi connectivity index (χ0v) is 13.0. The van der Waals surface area contributed by atoms with Crippen LogP contribution in [0.4, 0.5) is 0 Å². The first-order chi connectivity index (χ1) is 9.58. The third-order valence-corrected chi connectivity index (χ3v) is 3.78. The van der Waals surface area contributed by atoms with Crippen LogP contribution < -0.4 is 0 Å². The summed E-state index contributed by atoms with van der Waals surface area (Å²) in [6, 6.07) is 11.5. The second-order valence-electron chi connectivity index (χ2n) is 4.62. The quantitative estimate of drug-likeness (QED) is 0.578. The van der Waals surface area contributed by atoms with Crippen LogP contribution in [0.5, 0.6) is 0 Å². The van der Waals surface area contributed by atoms with Gasteiger partial charge >= 0.3 is 0 Å². The average Bonchev–Trinajstić information content (AvgIpc) is 2.75. The summed E-state index contributed by atoms with van der Waals surface area (Å²) in [5, 5.41) is 1.17. The minimum Gasteiger partial charge on any atom is -0.295 e. The largest absolute Gasteiger partial charge is 0.295 e. The van der Waals surface area contributed by atoms with E-state index in [1.807, 2.05) is 35.8 Å². The molecule has 5 heteroatoms. The monoisotopic (exact) mass is 324 g/mol. The highest BCUT2D eigenvalue weighted by Crippen LogP contribution is 2.27. The minimum absolute atomic E-state index is 0.317. The number of benzene rings is 2. The van der Waals surface area contributed by atoms with Crippen LogP contribution >= 0.6 is 34.8 Å². The molecule has 0 atom stereocenters. The maximum Gasteiger partial charge on any atom is 0.129 e. The normalized spacial score (nSPS) is 11.2. The van der Waals surface area contributed by atoms with Gasteiger partial charge in [0.05, 0.1) is 22.6 Å². The van der Waals surface area contributed by atoms with Crippen LogP contribution in [-0.4, -0.2) is 9.55 Å². The van der Waals surface area contributed by atoms with E-state index in [-0.39, 0.29) is 0 Å². The summed E-state index contributed by atoms with van der Waals surface area (Å²) in [4.78, 5) is 4.55. The van der Waals surface area contributed by atoms with Crippen molar-refractivity contribution in [1.29, 1.82) is 0 Å². The fraction of sp³-hybridized carbons (Fsp3) is 0.133. The summed E-state index contributed by atoms with van der Waals surface area (Å²) in [5.74, 6) is 1.09. The van der Waals surface area contributed by atoms with Crippen molar-refractivity contribution >= 4 is 45.8 Å². The fourth-order valence-electron chi connectivity index (χ4n) is 2.28. The molecule has 0 aliphatic carbocycles. The van der Waals surface area contributed by atoms with Gasteiger partial charge in [0, 0.05) is 10.0 Å². The first-order valence-corrected chi connectivity index (χ1v) is 7.38. The molecule has 0 fully saturated rings. The van der Waals surface area contributed by atoms with Gasteiger partial charge in [0.15, 0.2) is 0 Å². The van der Waals surface area contributed by atoms with Crippen molar-refractivity contribution in [2.75, 3.05) is 0 Å². The summed E-state index contributed by atoms with van der Waals surface area (Å²) in [7, 11) is 0. The first-order valence-electron chi connectivity index (χ1n) is 6.09. The number of hydrogen-bond acceptors (Lipinski definition) is 1. The highest BCUT2D eigenvalue weighted by molar-refractivity contribution is 6.34. The van der Waals surface area contributed by atoms with E-state index >= 15 is 0 Å². The standard InChI is InChI=1S/C15H11Cl3N2/c1-9-2-3-13-14(4-9)20(15(8-16)19-13)12-6-10(17)5-11(18)7-12/h2-7H,8H2,1H3. The molecule has 102 valence electrons. The van der Waals surface area contributed by atoms with E-state index in [1.165, 1.54) is 0 Å². The van der Waals surface area contributed by atoms with Gasteiger partial charge < -0.3 is 0 Å². The van der Waals surface area contributed by atoms with E-state index in [4.69, 9.17) is 34.8 Å². The van der Waals surface area contributed by atoms with Crippen LogP contribution in [0.15, 0.2) is 36.4 Å². The zero-order valence-electron chi connectivity index (χ0n) is 10.7. The highest BCUT2D eigenvalue weighted by Gasteiger charge is 2.12. The molecule has 3 aromatic rings. The molecule has 0 aliphatic heterocycles. The lowest BCUT2D eigenvalue weighted by Gasteiger charge is -2.09. The van der Waals surface area contributed by atoms with Crippen LogP contribution in [0, 0.1) is 6.92 Å². The van der Waals surface area contributed by atoms with Crippen LogP contribution in [0.3, 0.4) is 0 Å². The summed E-state index contributed by atoms with van der Waals surface area (Å²) in [5.41, 5.74) is 3.93. The highest BCUT2D eigenvalue weighted by atomic mass is 35.5. The smallest absolute Gasteiger partial charge is 0.129 e.